The quantitative estimate of drug-likeness (QED) is 0.710. The smallest absolute Gasteiger partial charge is 0.284 e. The summed E-state index contributed by atoms with van der Waals surface area (Å²) in [5.74, 6) is 0.504. The minimum absolute atomic E-state index is 0.229. The Balaban J connectivity index is 1.63. The predicted molar refractivity (Wildman–Crippen MR) is 87.1 cm³/mol. The average Bonchev–Trinajstić information content (AvgIpc) is 3.26. The molecule has 1 N–H and O–H groups in total. The van der Waals surface area contributed by atoms with Crippen molar-refractivity contribution in [1.29, 1.82) is 5.26 Å². The number of hydrogen-bond acceptors (Lipinski definition) is 7. The Bertz CT molecular complexity index is 883. The van der Waals surface area contributed by atoms with Crippen LogP contribution in [-0.2, 0) is 4.79 Å². The number of nitrogens with one attached hydrogen (secondary N) is 1. The predicted octanol–water partition coefficient (Wildman–Crippen LogP) is 3.32. The molecule has 2 aromatic heterocycles. The third-order valence-electron chi connectivity index (χ3n) is 3.04. The lowest BCUT2D eigenvalue weighted by Gasteiger charge is -2.09. The zero-order valence-electron chi connectivity index (χ0n) is 12.6. The number of aromatic nitrogens is 2. The maximum atomic E-state index is 12.2. The minimum atomic E-state index is -0.458. The number of carbonyl (C=O) groups excluding carboxylic acids is 1. The molecular formula is C16H12N4O3S. The SMILES string of the molecule is C[C@H](Sc1nnc(-c2ccco2)o1)C(=O)Nc1cccc(C#N)c1. The van der Waals surface area contributed by atoms with E-state index in [1.54, 1.807) is 43.3 Å². The molecule has 1 amide bonds. The molecule has 0 aliphatic rings. The highest BCUT2D eigenvalue weighted by atomic mass is 32.2. The molecule has 1 aromatic carbocycles. The first-order valence-corrected chi connectivity index (χ1v) is 7.89. The molecule has 2 heterocycles. The summed E-state index contributed by atoms with van der Waals surface area (Å²) in [5.41, 5.74) is 1.04. The Morgan fingerprint density at radius 1 is 1.33 bits per heavy atom. The lowest BCUT2D eigenvalue weighted by atomic mass is 10.2. The molecule has 0 aliphatic heterocycles. The number of amides is 1. The number of carbonyl (C=O) groups is 1. The first-order valence-electron chi connectivity index (χ1n) is 7.01. The van der Waals surface area contributed by atoms with Crippen LogP contribution in [0, 0.1) is 11.3 Å². The maximum Gasteiger partial charge on any atom is 0.284 e. The number of benzene rings is 1. The van der Waals surface area contributed by atoms with Crippen molar-refractivity contribution in [1.82, 2.24) is 10.2 Å². The van der Waals surface area contributed by atoms with Gasteiger partial charge in [0.2, 0.25) is 5.91 Å². The molecule has 0 spiro atoms. The van der Waals surface area contributed by atoms with E-state index in [1.165, 1.54) is 6.26 Å². The third kappa shape index (κ3) is 3.64. The molecule has 120 valence electrons. The molecule has 0 fully saturated rings. The van der Waals surface area contributed by atoms with Crippen LogP contribution in [0.15, 0.2) is 56.7 Å². The second-order valence-corrected chi connectivity index (χ2v) is 6.08. The van der Waals surface area contributed by atoms with Crippen LogP contribution < -0.4 is 5.32 Å². The van der Waals surface area contributed by atoms with Crippen LogP contribution in [0.1, 0.15) is 12.5 Å². The number of nitrogens with zero attached hydrogens (tertiary/aromatic N) is 3. The first-order chi connectivity index (χ1) is 11.7. The van der Waals surface area contributed by atoms with E-state index < -0.39 is 5.25 Å². The van der Waals surface area contributed by atoms with Crippen molar-refractivity contribution >= 4 is 23.4 Å². The van der Waals surface area contributed by atoms with Crippen molar-refractivity contribution in [3.05, 3.63) is 48.2 Å². The zero-order valence-corrected chi connectivity index (χ0v) is 13.4. The Morgan fingerprint density at radius 3 is 2.96 bits per heavy atom. The van der Waals surface area contributed by atoms with Crippen molar-refractivity contribution in [3.8, 4) is 17.7 Å². The molecule has 0 aliphatic carbocycles. The number of rotatable bonds is 5. The molecule has 0 radical (unpaired) electrons. The van der Waals surface area contributed by atoms with E-state index in [-0.39, 0.29) is 17.0 Å². The third-order valence-corrected chi connectivity index (χ3v) is 3.98. The highest BCUT2D eigenvalue weighted by Crippen LogP contribution is 2.26. The molecule has 24 heavy (non-hydrogen) atoms. The van der Waals surface area contributed by atoms with Crippen LogP contribution in [-0.4, -0.2) is 21.4 Å². The molecule has 3 rings (SSSR count). The fourth-order valence-electron chi connectivity index (χ4n) is 1.87. The Labute approximate surface area is 141 Å². The molecular weight excluding hydrogens is 328 g/mol. The summed E-state index contributed by atoms with van der Waals surface area (Å²) in [7, 11) is 0. The van der Waals surface area contributed by atoms with Gasteiger partial charge in [-0.25, -0.2) is 0 Å². The molecule has 3 aromatic rings. The lowest BCUT2D eigenvalue weighted by Crippen LogP contribution is -2.22. The van der Waals surface area contributed by atoms with Gasteiger partial charge in [-0.2, -0.15) is 5.26 Å². The fourth-order valence-corrected chi connectivity index (χ4v) is 2.56. The van der Waals surface area contributed by atoms with Gasteiger partial charge in [0.25, 0.3) is 11.1 Å². The van der Waals surface area contributed by atoms with E-state index in [9.17, 15) is 4.79 Å². The molecule has 8 heteroatoms. The van der Waals surface area contributed by atoms with Crippen molar-refractivity contribution in [2.45, 2.75) is 17.4 Å². The molecule has 0 saturated carbocycles. The molecule has 0 unspecified atom stereocenters. The van der Waals surface area contributed by atoms with Crippen molar-refractivity contribution in [2.75, 3.05) is 5.32 Å². The van der Waals surface area contributed by atoms with E-state index in [4.69, 9.17) is 14.1 Å². The van der Waals surface area contributed by atoms with E-state index in [0.717, 1.165) is 11.8 Å². The largest absolute Gasteiger partial charge is 0.459 e. The van der Waals surface area contributed by atoms with E-state index >= 15 is 0 Å². The second kappa shape index (κ2) is 7.02. The van der Waals surface area contributed by atoms with Crippen LogP contribution in [0.25, 0.3) is 11.7 Å². The summed E-state index contributed by atoms with van der Waals surface area (Å²) in [6, 6.07) is 12.2. The van der Waals surface area contributed by atoms with Gasteiger partial charge in [-0.1, -0.05) is 17.8 Å². The topological polar surface area (TPSA) is 105 Å². The van der Waals surface area contributed by atoms with Crippen LogP contribution in [0.5, 0.6) is 0 Å². The number of anilines is 1. The minimum Gasteiger partial charge on any atom is -0.459 e. The van der Waals surface area contributed by atoms with Gasteiger partial charge in [-0.3, -0.25) is 4.79 Å². The van der Waals surface area contributed by atoms with Crippen LogP contribution in [0.4, 0.5) is 5.69 Å². The van der Waals surface area contributed by atoms with Gasteiger partial charge >= 0.3 is 0 Å². The summed E-state index contributed by atoms with van der Waals surface area (Å²) in [4.78, 5) is 12.2. The highest BCUT2D eigenvalue weighted by molar-refractivity contribution is 8.00. The highest BCUT2D eigenvalue weighted by Gasteiger charge is 2.19. The standard InChI is InChI=1S/C16H12N4O3S/c1-10(14(21)18-12-5-2-4-11(8-12)9-17)24-16-20-19-15(23-16)13-6-3-7-22-13/h2-8,10H,1H3,(H,18,21)/t10-/m0/s1. The monoisotopic (exact) mass is 340 g/mol. The number of nitriles is 1. The fraction of sp³-hybridized carbons (Fsp3) is 0.125. The zero-order chi connectivity index (χ0) is 16.9. The average molecular weight is 340 g/mol. The van der Waals surface area contributed by atoms with E-state index in [2.05, 4.69) is 15.5 Å². The van der Waals surface area contributed by atoms with Gasteiger partial charge in [0.1, 0.15) is 0 Å². The van der Waals surface area contributed by atoms with Gasteiger partial charge in [0.05, 0.1) is 23.1 Å². The van der Waals surface area contributed by atoms with E-state index in [1.807, 2.05) is 6.07 Å². The number of thioether (sulfide) groups is 1. The van der Waals surface area contributed by atoms with Gasteiger partial charge in [-0.15, -0.1) is 10.2 Å². The maximum absolute atomic E-state index is 12.2. The summed E-state index contributed by atoms with van der Waals surface area (Å²) in [6.45, 7) is 1.73. The van der Waals surface area contributed by atoms with Crippen molar-refractivity contribution in [2.24, 2.45) is 0 Å². The number of furan rings is 1. The van der Waals surface area contributed by atoms with E-state index in [0.29, 0.717) is 17.0 Å². The Kier molecular flexibility index (Phi) is 4.63. The van der Waals surface area contributed by atoms with Crippen LogP contribution in [0.3, 0.4) is 0 Å². The summed E-state index contributed by atoms with van der Waals surface area (Å²) >= 11 is 1.14. The van der Waals surface area contributed by atoms with Crippen LogP contribution in [0.2, 0.25) is 0 Å². The second-order valence-electron chi connectivity index (χ2n) is 4.79. The molecule has 0 saturated heterocycles. The Hall–Kier alpha value is -3.05. The summed E-state index contributed by atoms with van der Waals surface area (Å²) in [5, 5.41) is 19.2. The van der Waals surface area contributed by atoms with Gasteiger partial charge < -0.3 is 14.2 Å². The van der Waals surface area contributed by atoms with Gasteiger partial charge in [-0.05, 0) is 37.3 Å². The number of hydrogen-bond donors (Lipinski definition) is 1. The summed E-state index contributed by atoms with van der Waals surface area (Å²) < 4.78 is 10.6. The normalized spacial score (nSPS) is 11.7. The summed E-state index contributed by atoms with van der Waals surface area (Å²) in [6.07, 6.45) is 1.51. The molecule has 1 atom stereocenters. The lowest BCUT2D eigenvalue weighted by molar-refractivity contribution is -0.115. The van der Waals surface area contributed by atoms with Crippen LogP contribution >= 0.6 is 11.8 Å². The van der Waals surface area contributed by atoms with Gasteiger partial charge in [0, 0.05) is 5.69 Å². The molecule has 0 bridgehead atoms. The van der Waals surface area contributed by atoms with Crippen molar-refractivity contribution < 1.29 is 13.6 Å². The van der Waals surface area contributed by atoms with Crippen molar-refractivity contribution in [3.63, 3.8) is 0 Å². The Morgan fingerprint density at radius 2 is 2.21 bits per heavy atom. The molecule has 7 nitrogen and oxygen atoms in total. The first kappa shape index (κ1) is 15.8. The van der Waals surface area contributed by atoms with Gasteiger partial charge in [0.15, 0.2) is 5.76 Å².